The number of methoxy groups -OCH3 is 2. The van der Waals surface area contributed by atoms with E-state index in [2.05, 4.69) is 11.4 Å². The van der Waals surface area contributed by atoms with Crippen molar-refractivity contribution in [1.29, 1.82) is 0 Å². The molecule has 1 amide bonds. The lowest BCUT2D eigenvalue weighted by atomic mass is 9.99. The third-order valence-electron chi connectivity index (χ3n) is 4.56. The van der Waals surface area contributed by atoms with Crippen molar-refractivity contribution in [2.45, 2.75) is 12.5 Å². The number of carbonyl (C=O) groups is 1. The Kier molecular flexibility index (Phi) is 6.31. The first-order chi connectivity index (χ1) is 13.4. The molecule has 0 unspecified atom stereocenters. The summed E-state index contributed by atoms with van der Waals surface area (Å²) in [6.07, 6.45) is 0.540. The molecule has 3 rings (SSSR count). The van der Waals surface area contributed by atoms with Crippen LogP contribution in [0.1, 0.15) is 5.56 Å². The Morgan fingerprint density at radius 3 is 2.71 bits per heavy atom. The summed E-state index contributed by atoms with van der Waals surface area (Å²) < 4.78 is 16.8. The minimum Gasteiger partial charge on any atom is -0.497 e. The highest BCUT2D eigenvalue weighted by molar-refractivity contribution is 6.32. The summed E-state index contributed by atoms with van der Waals surface area (Å²) in [7, 11) is 6.98. The fourth-order valence-electron chi connectivity index (χ4n) is 3.27. The number of nitrogens with zero attached hydrogens (tertiary/aromatic N) is 1. The Morgan fingerprint density at radius 1 is 1.25 bits per heavy atom. The number of benzene rings is 2. The first-order valence-corrected chi connectivity index (χ1v) is 9.42. The topological polar surface area (TPSA) is 60.0 Å². The van der Waals surface area contributed by atoms with Gasteiger partial charge in [0.1, 0.15) is 23.4 Å². The van der Waals surface area contributed by atoms with Gasteiger partial charge in [-0.2, -0.15) is 0 Å². The highest BCUT2D eigenvalue weighted by Crippen LogP contribution is 2.42. The fourth-order valence-corrected chi connectivity index (χ4v) is 3.55. The van der Waals surface area contributed by atoms with Crippen molar-refractivity contribution in [2.24, 2.45) is 0 Å². The predicted molar refractivity (Wildman–Crippen MR) is 110 cm³/mol. The van der Waals surface area contributed by atoms with Gasteiger partial charge in [-0.1, -0.05) is 11.6 Å². The summed E-state index contributed by atoms with van der Waals surface area (Å²) in [4.78, 5) is 13.7. The maximum atomic E-state index is 11.9. The fraction of sp³-hybridized carbons (Fsp3) is 0.381. The van der Waals surface area contributed by atoms with Crippen LogP contribution in [0.15, 0.2) is 30.3 Å². The van der Waals surface area contributed by atoms with E-state index in [0.29, 0.717) is 30.3 Å². The van der Waals surface area contributed by atoms with E-state index in [4.69, 9.17) is 25.8 Å². The minimum absolute atomic E-state index is 0.0301. The van der Waals surface area contributed by atoms with E-state index in [9.17, 15) is 4.79 Å². The van der Waals surface area contributed by atoms with Crippen molar-refractivity contribution in [3.05, 3.63) is 40.9 Å². The maximum Gasteiger partial charge on any atom is 0.234 e. The molecule has 0 fully saturated rings. The van der Waals surface area contributed by atoms with Crippen molar-refractivity contribution in [3.8, 4) is 28.4 Å². The summed E-state index contributed by atoms with van der Waals surface area (Å²) in [6.45, 7) is 0.787. The van der Waals surface area contributed by atoms with Crippen molar-refractivity contribution < 1.29 is 19.0 Å². The van der Waals surface area contributed by atoms with Gasteiger partial charge in [-0.05, 0) is 50.0 Å². The zero-order chi connectivity index (χ0) is 20.3. The highest BCUT2D eigenvalue weighted by Gasteiger charge is 2.27. The molecule has 0 aliphatic carbocycles. The Bertz CT molecular complexity index is 870. The summed E-state index contributed by atoms with van der Waals surface area (Å²) in [5.74, 6) is 2.13. The normalized spacial score (nSPS) is 15.1. The van der Waals surface area contributed by atoms with Crippen molar-refractivity contribution >= 4 is 17.5 Å². The SMILES string of the molecule is COc1ccc(OC)c(-c2cc(Cl)c3c(c2)C[C@@H](CNC(=O)CN(C)C)O3)c1. The standard InChI is InChI=1S/C21H25ClN2O4/c1-24(2)12-20(25)23-11-16-8-14-7-13(9-18(22)21(14)28-16)17-10-15(26-3)5-6-19(17)27-4/h5-7,9-10,16H,8,11-12H2,1-4H3,(H,23,25)/t16-/m0/s1. The molecule has 0 radical (unpaired) electrons. The van der Waals surface area contributed by atoms with E-state index in [1.54, 1.807) is 14.2 Å². The quantitative estimate of drug-likeness (QED) is 0.768. The Morgan fingerprint density at radius 2 is 2.04 bits per heavy atom. The van der Waals surface area contributed by atoms with E-state index in [1.807, 2.05) is 43.3 Å². The van der Waals surface area contributed by atoms with Crippen molar-refractivity contribution in [3.63, 3.8) is 0 Å². The number of amides is 1. The second kappa shape index (κ2) is 8.71. The van der Waals surface area contributed by atoms with Gasteiger partial charge in [0.05, 0.1) is 32.3 Å². The number of halogens is 1. The number of rotatable bonds is 7. The number of likely N-dealkylation sites (N-methyl/N-ethyl adjacent to an activating group) is 1. The van der Waals surface area contributed by atoms with E-state index in [0.717, 1.165) is 28.2 Å². The molecule has 0 saturated heterocycles. The van der Waals surface area contributed by atoms with Gasteiger partial charge in [0.2, 0.25) is 5.91 Å². The summed E-state index contributed by atoms with van der Waals surface area (Å²) >= 11 is 6.50. The lowest BCUT2D eigenvalue weighted by molar-refractivity contribution is -0.122. The van der Waals surface area contributed by atoms with E-state index < -0.39 is 0 Å². The molecule has 1 heterocycles. The number of ether oxygens (including phenoxy) is 3. The molecule has 2 aromatic carbocycles. The molecule has 150 valence electrons. The average molecular weight is 405 g/mol. The van der Waals surface area contributed by atoms with Gasteiger partial charge in [0.15, 0.2) is 0 Å². The average Bonchev–Trinajstić information content (AvgIpc) is 3.09. The number of hydrogen-bond donors (Lipinski definition) is 1. The lowest BCUT2D eigenvalue weighted by Gasteiger charge is -2.14. The summed E-state index contributed by atoms with van der Waals surface area (Å²) in [6, 6.07) is 9.57. The summed E-state index contributed by atoms with van der Waals surface area (Å²) in [5.41, 5.74) is 2.84. The van der Waals surface area contributed by atoms with E-state index in [1.165, 1.54) is 0 Å². The van der Waals surface area contributed by atoms with Crippen LogP contribution < -0.4 is 19.5 Å². The monoisotopic (exact) mass is 404 g/mol. The first-order valence-electron chi connectivity index (χ1n) is 9.04. The third-order valence-corrected chi connectivity index (χ3v) is 4.84. The highest BCUT2D eigenvalue weighted by atomic mass is 35.5. The molecule has 0 bridgehead atoms. The molecule has 1 N–H and O–H groups in total. The van der Waals surface area contributed by atoms with Gasteiger partial charge < -0.3 is 24.4 Å². The number of hydrogen-bond acceptors (Lipinski definition) is 5. The van der Waals surface area contributed by atoms with E-state index in [-0.39, 0.29) is 12.0 Å². The molecule has 1 atom stereocenters. The zero-order valence-electron chi connectivity index (χ0n) is 16.5. The van der Waals surface area contributed by atoms with Crippen LogP contribution in [0.3, 0.4) is 0 Å². The number of nitrogens with one attached hydrogen (secondary N) is 1. The third kappa shape index (κ3) is 4.51. The van der Waals surface area contributed by atoms with Crippen LogP contribution in [-0.2, 0) is 11.2 Å². The molecule has 2 aromatic rings. The lowest BCUT2D eigenvalue weighted by Crippen LogP contribution is -2.39. The van der Waals surface area contributed by atoms with Crippen LogP contribution in [0, 0.1) is 0 Å². The molecule has 28 heavy (non-hydrogen) atoms. The van der Waals surface area contributed by atoms with Gasteiger partial charge in [0, 0.05) is 17.5 Å². The second-order valence-corrected chi connectivity index (χ2v) is 7.41. The Hall–Kier alpha value is -2.44. The van der Waals surface area contributed by atoms with Gasteiger partial charge in [-0.25, -0.2) is 0 Å². The molecule has 0 spiro atoms. The first kappa shape index (κ1) is 20.3. The zero-order valence-corrected chi connectivity index (χ0v) is 17.3. The van der Waals surface area contributed by atoms with E-state index >= 15 is 0 Å². The molecule has 6 nitrogen and oxygen atoms in total. The van der Waals surface area contributed by atoms with Crippen molar-refractivity contribution in [1.82, 2.24) is 10.2 Å². The van der Waals surface area contributed by atoms with Crippen LogP contribution in [0.5, 0.6) is 17.2 Å². The Balaban J connectivity index is 1.79. The number of carbonyl (C=O) groups excluding carboxylic acids is 1. The molecule has 0 saturated carbocycles. The van der Waals surface area contributed by atoms with Gasteiger partial charge >= 0.3 is 0 Å². The van der Waals surface area contributed by atoms with Crippen molar-refractivity contribution in [2.75, 3.05) is 41.4 Å². The Labute approximate surface area is 170 Å². The number of fused-ring (bicyclic) bond motifs is 1. The van der Waals surface area contributed by atoms with Gasteiger partial charge in [-0.15, -0.1) is 0 Å². The predicted octanol–water partition coefficient (Wildman–Crippen LogP) is 3.01. The van der Waals surface area contributed by atoms with Crippen LogP contribution in [-0.4, -0.2) is 58.3 Å². The largest absolute Gasteiger partial charge is 0.497 e. The molecule has 7 heteroatoms. The molecular formula is C21H25ClN2O4. The molecule has 0 aromatic heterocycles. The van der Waals surface area contributed by atoms with Gasteiger partial charge in [-0.3, -0.25) is 4.79 Å². The second-order valence-electron chi connectivity index (χ2n) is 7.00. The summed E-state index contributed by atoms with van der Waals surface area (Å²) in [5, 5.41) is 3.45. The van der Waals surface area contributed by atoms with Gasteiger partial charge in [0.25, 0.3) is 0 Å². The smallest absolute Gasteiger partial charge is 0.234 e. The van der Waals surface area contributed by atoms with Crippen LogP contribution >= 0.6 is 11.6 Å². The van der Waals surface area contributed by atoms with Crippen LogP contribution in [0.25, 0.3) is 11.1 Å². The maximum absolute atomic E-state index is 11.9. The molecule has 1 aliphatic heterocycles. The van der Waals surface area contributed by atoms with Crippen LogP contribution in [0.4, 0.5) is 0 Å². The molecular weight excluding hydrogens is 380 g/mol. The van der Waals surface area contributed by atoms with Crippen LogP contribution in [0.2, 0.25) is 5.02 Å². The minimum atomic E-state index is -0.138. The molecule has 1 aliphatic rings.